The second kappa shape index (κ2) is 7.67. The molecule has 28 heavy (non-hydrogen) atoms. The Morgan fingerprint density at radius 3 is 2.50 bits per heavy atom. The van der Waals surface area contributed by atoms with Gasteiger partial charge in [-0.1, -0.05) is 0 Å². The van der Waals surface area contributed by atoms with Crippen molar-refractivity contribution in [2.75, 3.05) is 6.61 Å². The third-order valence-corrected chi connectivity index (χ3v) is 6.72. The Morgan fingerprint density at radius 1 is 1.07 bits per heavy atom. The van der Waals surface area contributed by atoms with Gasteiger partial charge < -0.3 is 9.47 Å². The molecule has 0 bridgehead atoms. The smallest absolute Gasteiger partial charge is 0.317 e. The van der Waals surface area contributed by atoms with Crippen LogP contribution < -0.4 is 14.2 Å². The molecule has 2 heterocycles. The average Bonchev–Trinajstić information content (AvgIpc) is 3.10. The fourth-order valence-electron chi connectivity index (χ4n) is 3.81. The first-order valence-electron chi connectivity index (χ1n) is 9.66. The number of sulfonamides is 1. The maximum absolute atomic E-state index is 12.7. The third kappa shape index (κ3) is 4.28. The van der Waals surface area contributed by atoms with Crippen LogP contribution in [0.3, 0.4) is 0 Å². The summed E-state index contributed by atoms with van der Waals surface area (Å²) < 4.78 is 39.7. The number of rotatable bonds is 5. The number of hydrogen-bond donors (Lipinski definition) is 1. The van der Waals surface area contributed by atoms with Gasteiger partial charge in [-0.2, -0.15) is 0 Å². The average molecular weight is 404 g/mol. The maximum Gasteiger partial charge on any atom is 0.317 e. The second-order valence-corrected chi connectivity index (χ2v) is 9.23. The first-order valence-corrected chi connectivity index (χ1v) is 11.1. The summed E-state index contributed by atoms with van der Waals surface area (Å²) in [6.07, 6.45) is 3.75. The van der Waals surface area contributed by atoms with Crippen LogP contribution in [0.1, 0.15) is 42.6 Å². The van der Waals surface area contributed by atoms with E-state index in [2.05, 4.69) is 14.7 Å². The Bertz CT molecular complexity index is 949. The molecule has 1 saturated carbocycles. The van der Waals surface area contributed by atoms with Crippen molar-refractivity contribution in [3.63, 3.8) is 0 Å². The van der Waals surface area contributed by atoms with Gasteiger partial charge in [-0.25, -0.2) is 23.1 Å². The predicted octanol–water partition coefficient (Wildman–Crippen LogP) is 2.70. The van der Waals surface area contributed by atoms with Gasteiger partial charge in [-0.3, -0.25) is 0 Å². The van der Waals surface area contributed by atoms with Crippen LogP contribution in [-0.4, -0.2) is 37.1 Å². The lowest BCUT2D eigenvalue weighted by Gasteiger charge is -2.28. The van der Waals surface area contributed by atoms with Gasteiger partial charge in [0.1, 0.15) is 11.9 Å². The molecule has 7 nitrogen and oxygen atoms in total. The normalized spacial score (nSPS) is 21.8. The van der Waals surface area contributed by atoms with Crippen LogP contribution in [0.15, 0.2) is 29.2 Å². The maximum atomic E-state index is 12.7. The number of hydrogen-bond acceptors (Lipinski definition) is 6. The SMILES string of the molecule is Cc1cc(C)nc(OC2CCC(NS(=O)(=O)c3ccc4c(c3)CCO4)CC2)n1. The molecule has 1 fully saturated rings. The molecule has 4 rings (SSSR count). The van der Waals surface area contributed by atoms with Crippen molar-refractivity contribution in [3.8, 4) is 11.8 Å². The van der Waals surface area contributed by atoms with E-state index in [1.165, 1.54) is 0 Å². The number of fused-ring (bicyclic) bond motifs is 1. The lowest BCUT2D eigenvalue weighted by Crippen LogP contribution is -2.39. The predicted molar refractivity (Wildman–Crippen MR) is 104 cm³/mol. The van der Waals surface area contributed by atoms with Crippen LogP contribution in [0.4, 0.5) is 0 Å². The van der Waals surface area contributed by atoms with Gasteiger partial charge in [0.15, 0.2) is 0 Å². The lowest BCUT2D eigenvalue weighted by molar-refractivity contribution is 0.131. The molecule has 0 amide bonds. The van der Waals surface area contributed by atoms with Crippen LogP contribution in [0, 0.1) is 13.8 Å². The van der Waals surface area contributed by atoms with E-state index in [0.29, 0.717) is 17.5 Å². The van der Waals surface area contributed by atoms with Crippen LogP contribution >= 0.6 is 0 Å². The molecule has 0 saturated heterocycles. The fraction of sp³-hybridized carbons (Fsp3) is 0.500. The van der Waals surface area contributed by atoms with Gasteiger partial charge >= 0.3 is 6.01 Å². The highest BCUT2D eigenvalue weighted by Gasteiger charge is 2.28. The van der Waals surface area contributed by atoms with Gasteiger partial charge in [-0.15, -0.1) is 0 Å². The monoisotopic (exact) mass is 403 g/mol. The van der Waals surface area contributed by atoms with E-state index in [9.17, 15) is 8.42 Å². The second-order valence-electron chi connectivity index (χ2n) is 7.51. The fourth-order valence-corrected chi connectivity index (χ4v) is 5.17. The quantitative estimate of drug-likeness (QED) is 0.825. The summed E-state index contributed by atoms with van der Waals surface area (Å²) in [5.41, 5.74) is 2.71. The summed E-state index contributed by atoms with van der Waals surface area (Å²) >= 11 is 0. The van der Waals surface area contributed by atoms with Gasteiger partial charge in [0.2, 0.25) is 10.0 Å². The number of ether oxygens (including phenoxy) is 2. The minimum atomic E-state index is -3.54. The van der Waals surface area contributed by atoms with Crippen molar-refractivity contribution >= 4 is 10.0 Å². The molecular formula is C20H25N3O4S. The third-order valence-electron chi connectivity index (χ3n) is 5.20. The molecule has 1 aliphatic carbocycles. The van der Waals surface area contributed by atoms with Crippen LogP contribution in [0.25, 0.3) is 0 Å². The van der Waals surface area contributed by atoms with Gasteiger partial charge in [0.05, 0.1) is 11.5 Å². The summed E-state index contributed by atoms with van der Waals surface area (Å²) in [7, 11) is -3.54. The Balaban J connectivity index is 1.35. The van der Waals surface area contributed by atoms with Gasteiger partial charge in [-0.05, 0) is 69.4 Å². The van der Waals surface area contributed by atoms with E-state index < -0.39 is 10.0 Å². The molecule has 0 atom stereocenters. The molecule has 1 aromatic carbocycles. The van der Waals surface area contributed by atoms with Crippen molar-refractivity contribution in [1.82, 2.24) is 14.7 Å². The van der Waals surface area contributed by atoms with E-state index >= 15 is 0 Å². The van der Waals surface area contributed by atoms with Gasteiger partial charge in [0, 0.05) is 23.9 Å². The number of aromatic nitrogens is 2. The Kier molecular flexibility index (Phi) is 5.25. The molecule has 2 aliphatic rings. The lowest BCUT2D eigenvalue weighted by atomic mass is 9.94. The molecule has 0 spiro atoms. The zero-order chi connectivity index (χ0) is 19.7. The molecule has 1 aliphatic heterocycles. The van der Waals surface area contributed by atoms with Crippen LogP contribution in [0.5, 0.6) is 11.8 Å². The zero-order valence-corrected chi connectivity index (χ0v) is 17.0. The van der Waals surface area contributed by atoms with E-state index in [1.807, 2.05) is 19.9 Å². The molecule has 150 valence electrons. The van der Waals surface area contributed by atoms with Crippen molar-refractivity contribution in [1.29, 1.82) is 0 Å². The molecule has 2 aromatic rings. The van der Waals surface area contributed by atoms with Gasteiger partial charge in [0.25, 0.3) is 0 Å². The molecule has 1 N–H and O–H groups in total. The Labute approximate surface area is 165 Å². The zero-order valence-electron chi connectivity index (χ0n) is 16.1. The molecule has 0 radical (unpaired) electrons. The highest BCUT2D eigenvalue weighted by molar-refractivity contribution is 7.89. The Morgan fingerprint density at radius 2 is 1.79 bits per heavy atom. The standard InChI is InChI=1S/C20H25N3O4S/c1-13-11-14(2)22-20(21-13)27-17-5-3-16(4-6-17)23-28(24,25)18-7-8-19-15(12-18)9-10-26-19/h7-8,11-12,16-17,23H,3-6,9-10H2,1-2H3. The van der Waals surface area contributed by atoms with E-state index in [1.54, 1.807) is 18.2 Å². The Hall–Kier alpha value is -2.19. The van der Waals surface area contributed by atoms with E-state index in [0.717, 1.165) is 54.8 Å². The summed E-state index contributed by atoms with van der Waals surface area (Å²) in [4.78, 5) is 8.94. The van der Waals surface area contributed by atoms with Crippen molar-refractivity contribution in [2.45, 2.75) is 63.0 Å². The van der Waals surface area contributed by atoms with Crippen LogP contribution in [0.2, 0.25) is 0 Å². The summed E-state index contributed by atoms with van der Waals surface area (Å²) in [6, 6.07) is 7.29. The number of nitrogens with zero attached hydrogens (tertiary/aromatic N) is 2. The van der Waals surface area contributed by atoms with Crippen LogP contribution in [-0.2, 0) is 16.4 Å². The summed E-state index contributed by atoms with van der Waals surface area (Å²) in [6.45, 7) is 4.44. The topological polar surface area (TPSA) is 90.4 Å². The molecule has 0 unspecified atom stereocenters. The number of aryl methyl sites for hydroxylation is 2. The highest BCUT2D eigenvalue weighted by atomic mass is 32.2. The van der Waals surface area contributed by atoms with E-state index in [-0.39, 0.29) is 12.1 Å². The minimum absolute atomic E-state index is 0.0131. The van der Waals surface area contributed by atoms with Crippen molar-refractivity contribution in [2.24, 2.45) is 0 Å². The van der Waals surface area contributed by atoms with Crippen molar-refractivity contribution in [3.05, 3.63) is 41.2 Å². The molecular weight excluding hydrogens is 378 g/mol. The highest BCUT2D eigenvalue weighted by Crippen LogP contribution is 2.29. The first-order chi connectivity index (χ1) is 13.4. The van der Waals surface area contributed by atoms with Crippen molar-refractivity contribution < 1.29 is 17.9 Å². The summed E-state index contributed by atoms with van der Waals surface area (Å²) in [5, 5.41) is 0. The molecule has 8 heteroatoms. The number of benzene rings is 1. The first kappa shape index (κ1) is 19.1. The molecule has 1 aromatic heterocycles. The summed E-state index contributed by atoms with van der Waals surface area (Å²) in [5.74, 6) is 0.783. The minimum Gasteiger partial charge on any atom is -0.493 e. The largest absolute Gasteiger partial charge is 0.493 e. The van der Waals surface area contributed by atoms with E-state index in [4.69, 9.17) is 9.47 Å². The number of nitrogens with one attached hydrogen (secondary N) is 1.